The van der Waals surface area contributed by atoms with Crippen molar-refractivity contribution in [3.05, 3.63) is 70.1 Å². The fraction of sp³-hybridized carbons (Fsp3) is 0. The predicted molar refractivity (Wildman–Crippen MR) is 76.1 cm³/mol. The van der Waals surface area contributed by atoms with E-state index < -0.39 is 0 Å². The van der Waals surface area contributed by atoms with Gasteiger partial charge in [-0.05, 0) is 41.3 Å². The van der Waals surface area contributed by atoms with Crippen LogP contribution in [0.2, 0.25) is 10.2 Å². The highest BCUT2D eigenvalue weighted by molar-refractivity contribution is 6.36. The van der Waals surface area contributed by atoms with Crippen LogP contribution in [0.4, 0.5) is 0 Å². The highest BCUT2D eigenvalue weighted by atomic mass is 35.5. The maximum Gasteiger partial charge on any atom is 0.228 e. The Bertz CT molecular complexity index is 775. The Balaban J connectivity index is 2.21. The molecule has 2 nitrogen and oxygen atoms in total. The highest BCUT2D eigenvalue weighted by Crippen LogP contribution is 2.28. The molecule has 0 spiro atoms. The average Bonchev–Trinajstić information content (AvgIpc) is 2.86. The van der Waals surface area contributed by atoms with Gasteiger partial charge in [0.05, 0.1) is 0 Å². The molecule has 0 N–H and O–H groups in total. The van der Waals surface area contributed by atoms with Gasteiger partial charge >= 0.3 is 0 Å². The summed E-state index contributed by atoms with van der Waals surface area (Å²) in [4.78, 5) is 12.4. The number of ketones is 1. The number of benzene rings is 2. The lowest BCUT2D eigenvalue weighted by Gasteiger charge is -2.05. The van der Waals surface area contributed by atoms with Gasteiger partial charge in [0, 0.05) is 16.0 Å². The number of fused-ring (bicyclic) bond motifs is 1. The summed E-state index contributed by atoms with van der Waals surface area (Å²) in [6, 6.07) is 14.0. The van der Waals surface area contributed by atoms with Crippen molar-refractivity contribution in [2.45, 2.75) is 0 Å². The Kier molecular flexibility index (Phi) is 3.05. The third-order valence-electron chi connectivity index (χ3n) is 2.91. The van der Waals surface area contributed by atoms with E-state index in [2.05, 4.69) is 0 Å². The molecule has 3 rings (SSSR count). The van der Waals surface area contributed by atoms with Gasteiger partial charge in [0.15, 0.2) is 11.0 Å². The largest absolute Gasteiger partial charge is 0.441 e. The van der Waals surface area contributed by atoms with Crippen LogP contribution in [-0.4, -0.2) is 5.78 Å². The fourth-order valence-corrected chi connectivity index (χ4v) is 2.40. The summed E-state index contributed by atoms with van der Waals surface area (Å²) in [5, 5.41) is 2.45. The van der Waals surface area contributed by atoms with Crippen molar-refractivity contribution in [2.75, 3.05) is 0 Å². The minimum atomic E-state index is -0.209. The zero-order chi connectivity index (χ0) is 13.4. The third-order valence-corrected chi connectivity index (χ3v) is 3.45. The third kappa shape index (κ3) is 2.14. The topological polar surface area (TPSA) is 30.2 Å². The molecule has 0 saturated carbocycles. The zero-order valence-corrected chi connectivity index (χ0v) is 11.2. The highest BCUT2D eigenvalue weighted by Gasteiger charge is 2.16. The van der Waals surface area contributed by atoms with Gasteiger partial charge in [0.1, 0.15) is 0 Å². The number of hydrogen-bond donors (Lipinski definition) is 0. The first kappa shape index (κ1) is 12.3. The van der Waals surface area contributed by atoms with E-state index in [9.17, 15) is 4.79 Å². The lowest BCUT2D eigenvalue weighted by molar-refractivity contribution is 0.101. The molecule has 0 amide bonds. The Morgan fingerprint density at radius 2 is 1.63 bits per heavy atom. The van der Waals surface area contributed by atoms with Crippen LogP contribution in [0, 0.1) is 0 Å². The van der Waals surface area contributed by atoms with E-state index in [0.29, 0.717) is 10.6 Å². The predicted octanol–water partition coefficient (Wildman–Crippen LogP) is 4.97. The fourth-order valence-electron chi connectivity index (χ4n) is 2.03. The average molecular weight is 291 g/mol. The second-order valence-electron chi connectivity index (χ2n) is 4.07. The molecule has 1 aromatic heterocycles. The Morgan fingerprint density at radius 1 is 0.895 bits per heavy atom. The molecule has 19 heavy (non-hydrogen) atoms. The molecule has 0 unspecified atom stereocenters. The van der Waals surface area contributed by atoms with Crippen LogP contribution < -0.4 is 0 Å². The van der Waals surface area contributed by atoms with Gasteiger partial charge in [0.2, 0.25) is 5.78 Å². The maximum atomic E-state index is 12.4. The summed E-state index contributed by atoms with van der Waals surface area (Å²) in [6.07, 6.45) is 0. The molecule has 0 aliphatic carbocycles. The normalized spacial score (nSPS) is 10.8. The first-order valence-corrected chi connectivity index (χ1v) is 6.39. The van der Waals surface area contributed by atoms with E-state index in [1.807, 2.05) is 24.3 Å². The molecule has 2 aromatic carbocycles. The number of halogens is 2. The van der Waals surface area contributed by atoms with Crippen molar-refractivity contribution in [1.82, 2.24) is 0 Å². The molecule has 3 aromatic rings. The summed E-state index contributed by atoms with van der Waals surface area (Å²) < 4.78 is 5.16. The summed E-state index contributed by atoms with van der Waals surface area (Å²) in [7, 11) is 0. The number of furan rings is 1. The molecule has 4 heteroatoms. The lowest BCUT2D eigenvalue weighted by atomic mass is 10.0. The van der Waals surface area contributed by atoms with Gasteiger partial charge in [-0.15, -0.1) is 0 Å². The minimum Gasteiger partial charge on any atom is -0.441 e. The summed E-state index contributed by atoms with van der Waals surface area (Å²) >= 11 is 11.8. The van der Waals surface area contributed by atoms with Crippen molar-refractivity contribution in [1.29, 1.82) is 0 Å². The van der Waals surface area contributed by atoms with Gasteiger partial charge in [-0.25, -0.2) is 0 Å². The van der Waals surface area contributed by atoms with Crippen LogP contribution in [0.15, 0.2) is 52.9 Å². The van der Waals surface area contributed by atoms with Crippen LogP contribution >= 0.6 is 23.2 Å². The van der Waals surface area contributed by atoms with Gasteiger partial charge < -0.3 is 4.42 Å². The SMILES string of the molecule is O=C(c1ccc(Cl)o1)c1ccc(Cl)c2ccccc12. The van der Waals surface area contributed by atoms with E-state index in [0.717, 1.165) is 10.8 Å². The zero-order valence-electron chi connectivity index (χ0n) is 9.69. The standard InChI is InChI=1S/C15H8Cl2O2/c16-12-6-5-11(9-3-1-2-4-10(9)12)15(18)13-7-8-14(17)19-13/h1-8H. The van der Waals surface area contributed by atoms with Crippen LogP contribution in [0.25, 0.3) is 10.8 Å². The monoisotopic (exact) mass is 290 g/mol. The molecule has 0 bridgehead atoms. The van der Waals surface area contributed by atoms with E-state index in [-0.39, 0.29) is 16.8 Å². The van der Waals surface area contributed by atoms with E-state index in [1.165, 1.54) is 0 Å². The van der Waals surface area contributed by atoms with Gasteiger partial charge in [-0.1, -0.05) is 35.9 Å². The van der Waals surface area contributed by atoms with Crippen molar-refractivity contribution in [3.63, 3.8) is 0 Å². The van der Waals surface area contributed by atoms with Crippen LogP contribution in [0.3, 0.4) is 0 Å². The molecular formula is C15H8Cl2O2. The van der Waals surface area contributed by atoms with E-state index in [1.54, 1.807) is 24.3 Å². The number of hydrogen-bond acceptors (Lipinski definition) is 2. The van der Waals surface area contributed by atoms with Gasteiger partial charge in [-0.2, -0.15) is 0 Å². The molecule has 0 aliphatic rings. The Hall–Kier alpha value is -1.77. The Labute approximate surface area is 119 Å². The molecule has 0 saturated heterocycles. The van der Waals surface area contributed by atoms with Crippen molar-refractivity contribution < 1.29 is 9.21 Å². The number of rotatable bonds is 2. The quantitative estimate of drug-likeness (QED) is 0.624. The smallest absolute Gasteiger partial charge is 0.228 e. The van der Waals surface area contributed by atoms with Crippen molar-refractivity contribution >= 4 is 39.8 Å². The lowest BCUT2D eigenvalue weighted by Crippen LogP contribution is -2.00. The second-order valence-corrected chi connectivity index (χ2v) is 4.85. The number of carbonyl (C=O) groups is 1. The minimum absolute atomic E-state index is 0.196. The van der Waals surface area contributed by atoms with Crippen LogP contribution in [0.5, 0.6) is 0 Å². The van der Waals surface area contributed by atoms with Crippen molar-refractivity contribution in [2.24, 2.45) is 0 Å². The van der Waals surface area contributed by atoms with Crippen LogP contribution in [0.1, 0.15) is 16.1 Å². The molecule has 0 atom stereocenters. The number of carbonyl (C=O) groups excluding carboxylic acids is 1. The summed E-state index contributed by atoms with van der Waals surface area (Å²) in [6.45, 7) is 0. The molecule has 0 fully saturated rings. The molecular weight excluding hydrogens is 283 g/mol. The van der Waals surface area contributed by atoms with Crippen LogP contribution in [-0.2, 0) is 0 Å². The van der Waals surface area contributed by atoms with E-state index >= 15 is 0 Å². The summed E-state index contributed by atoms with van der Waals surface area (Å²) in [5.74, 6) is 0.0113. The first-order chi connectivity index (χ1) is 9.16. The van der Waals surface area contributed by atoms with E-state index in [4.69, 9.17) is 27.6 Å². The second kappa shape index (κ2) is 4.72. The molecule has 0 radical (unpaired) electrons. The molecule has 0 aliphatic heterocycles. The van der Waals surface area contributed by atoms with Gasteiger partial charge in [0.25, 0.3) is 0 Å². The molecule has 94 valence electrons. The first-order valence-electron chi connectivity index (χ1n) is 5.64. The summed E-state index contributed by atoms with van der Waals surface area (Å²) in [5.41, 5.74) is 0.547. The van der Waals surface area contributed by atoms with Crippen molar-refractivity contribution in [3.8, 4) is 0 Å². The molecule has 1 heterocycles. The maximum absolute atomic E-state index is 12.4. The van der Waals surface area contributed by atoms with Gasteiger partial charge in [-0.3, -0.25) is 4.79 Å². The Morgan fingerprint density at radius 3 is 2.32 bits per heavy atom.